The Morgan fingerprint density at radius 1 is 1.25 bits per heavy atom. The van der Waals surface area contributed by atoms with Crippen LogP contribution in [0.15, 0.2) is 0 Å². The fraction of sp³-hybridized carbons (Fsp3) is 0.923. The van der Waals surface area contributed by atoms with Gasteiger partial charge in [-0.15, -0.1) is 0 Å². The van der Waals surface area contributed by atoms with Crippen molar-refractivity contribution in [2.24, 2.45) is 0 Å². The summed E-state index contributed by atoms with van der Waals surface area (Å²) in [6.07, 6.45) is 7.02. The molecule has 1 aliphatic rings. The Kier molecular flexibility index (Phi) is 5.10. The lowest BCUT2D eigenvalue weighted by molar-refractivity contribution is -0.0436. The standard InChI is InChI=1S/C13H24O3/c1-4-10-13(2,3)16-12(14)15-11-8-6-5-7-9-11/h11H,4-10H2,1-3H3. The van der Waals surface area contributed by atoms with Crippen LogP contribution in [-0.4, -0.2) is 17.9 Å². The van der Waals surface area contributed by atoms with E-state index in [1.807, 2.05) is 13.8 Å². The van der Waals surface area contributed by atoms with Gasteiger partial charge in [0.15, 0.2) is 0 Å². The summed E-state index contributed by atoms with van der Waals surface area (Å²) in [5.41, 5.74) is -0.402. The zero-order chi connectivity index (χ0) is 12.0. The summed E-state index contributed by atoms with van der Waals surface area (Å²) in [7, 11) is 0. The van der Waals surface area contributed by atoms with Gasteiger partial charge in [-0.25, -0.2) is 4.79 Å². The normalized spacial score (nSPS) is 18.2. The van der Waals surface area contributed by atoms with E-state index in [-0.39, 0.29) is 6.10 Å². The fourth-order valence-corrected chi connectivity index (χ4v) is 2.22. The van der Waals surface area contributed by atoms with Crippen molar-refractivity contribution in [1.82, 2.24) is 0 Å². The second-order valence-corrected chi connectivity index (χ2v) is 5.24. The summed E-state index contributed by atoms with van der Waals surface area (Å²) < 4.78 is 10.6. The van der Waals surface area contributed by atoms with Crippen molar-refractivity contribution in [3.8, 4) is 0 Å². The summed E-state index contributed by atoms with van der Waals surface area (Å²) in [4.78, 5) is 11.6. The molecule has 0 aromatic rings. The van der Waals surface area contributed by atoms with Crippen molar-refractivity contribution >= 4 is 6.16 Å². The van der Waals surface area contributed by atoms with Crippen molar-refractivity contribution in [1.29, 1.82) is 0 Å². The van der Waals surface area contributed by atoms with E-state index in [1.165, 1.54) is 6.42 Å². The SMILES string of the molecule is CCCC(C)(C)OC(=O)OC1CCCCC1. The van der Waals surface area contributed by atoms with E-state index in [9.17, 15) is 4.79 Å². The van der Waals surface area contributed by atoms with Crippen molar-refractivity contribution in [2.45, 2.75) is 77.4 Å². The zero-order valence-electron chi connectivity index (χ0n) is 10.8. The van der Waals surface area contributed by atoms with Crippen LogP contribution in [-0.2, 0) is 9.47 Å². The topological polar surface area (TPSA) is 35.5 Å². The molecule has 0 aromatic heterocycles. The maximum atomic E-state index is 11.6. The Balaban J connectivity index is 2.28. The van der Waals surface area contributed by atoms with Gasteiger partial charge in [0.05, 0.1) is 0 Å². The molecule has 1 aliphatic carbocycles. The minimum atomic E-state index is -0.495. The van der Waals surface area contributed by atoms with Crippen molar-refractivity contribution in [3.63, 3.8) is 0 Å². The molecular formula is C13H24O3. The van der Waals surface area contributed by atoms with E-state index in [2.05, 4.69) is 6.92 Å². The molecule has 1 fully saturated rings. The van der Waals surface area contributed by atoms with Crippen LogP contribution in [0.2, 0.25) is 0 Å². The average molecular weight is 228 g/mol. The number of carbonyl (C=O) groups is 1. The van der Waals surface area contributed by atoms with Gasteiger partial charge in [-0.05, 0) is 46.0 Å². The van der Waals surface area contributed by atoms with E-state index >= 15 is 0 Å². The lowest BCUT2D eigenvalue weighted by Gasteiger charge is -2.27. The average Bonchev–Trinajstić information content (AvgIpc) is 2.17. The van der Waals surface area contributed by atoms with Crippen molar-refractivity contribution in [3.05, 3.63) is 0 Å². The third-order valence-electron chi connectivity index (χ3n) is 3.03. The quantitative estimate of drug-likeness (QED) is 0.681. The lowest BCUT2D eigenvalue weighted by atomic mass is 9.98. The maximum absolute atomic E-state index is 11.6. The molecule has 0 atom stereocenters. The first-order chi connectivity index (χ1) is 7.53. The minimum absolute atomic E-state index is 0.0821. The highest BCUT2D eigenvalue weighted by atomic mass is 16.7. The molecule has 3 nitrogen and oxygen atoms in total. The maximum Gasteiger partial charge on any atom is 0.509 e. The number of hydrogen-bond acceptors (Lipinski definition) is 3. The predicted molar refractivity (Wildman–Crippen MR) is 63.4 cm³/mol. The summed E-state index contributed by atoms with van der Waals surface area (Å²) in [5.74, 6) is 0. The van der Waals surface area contributed by atoms with Crippen molar-refractivity contribution in [2.75, 3.05) is 0 Å². The van der Waals surface area contributed by atoms with Crippen LogP contribution in [0.4, 0.5) is 4.79 Å². The van der Waals surface area contributed by atoms with Crippen molar-refractivity contribution < 1.29 is 14.3 Å². The van der Waals surface area contributed by atoms with E-state index in [0.717, 1.165) is 38.5 Å². The molecular weight excluding hydrogens is 204 g/mol. The first-order valence-electron chi connectivity index (χ1n) is 6.43. The third kappa shape index (κ3) is 4.86. The van der Waals surface area contributed by atoms with E-state index < -0.39 is 11.8 Å². The Bertz CT molecular complexity index is 217. The van der Waals surface area contributed by atoms with Gasteiger partial charge >= 0.3 is 6.16 Å². The van der Waals surface area contributed by atoms with Gasteiger partial charge in [0, 0.05) is 0 Å². The van der Waals surface area contributed by atoms with Gasteiger partial charge in [-0.3, -0.25) is 0 Å². The molecule has 0 heterocycles. The van der Waals surface area contributed by atoms with Gasteiger partial charge in [-0.1, -0.05) is 19.8 Å². The van der Waals surface area contributed by atoms with Crippen LogP contribution in [0.1, 0.15) is 65.7 Å². The first kappa shape index (κ1) is 13.3. The second kappa shape index (κ2) is 6.12. The number of rotatable bonds is 4. The molecule has 0 aliphatic heterocycles. The highest BCUT2D eigenvalue weighted by molar-refractivity contribution is 5.60. The molecule has 1 rings (SSSR count). The smallest absolute Gasteiger partial charge is 0.431 e. The minimum Gasteiger partial charge on any atom is -0.431 e. The van der Waals surface area contributed by atoms with Crippen LogP contribution in [0.3, 0.4) is 0 Å². The Morgan fingerprint density at radius 2 is 1.88 bits per heavy atom. The molecule has 94 valence electrons. The monoisotopic (exact) mass is 228 g/mol. The molecule has 0 unspecified atom stereocenters. The van der Waals surface area contributed by atoms with E-state index in [1.54, 1.807) is 0 Å². The molecule has 1 saturated carbocycles. The fourth-order valence-electron chi connectivity index (χ4n) is 2.22. The van der Waals surface area contributed by atoms with Crippen LogP contribution < -0.4 is 0 Å². The Labute approximate surface area is 98.5 Å². The number of carbonyl (C=O) groups excluding carboxylic acids is 1. The number of ether oxygens (including phenoxy) is 2. The molecule has 0 radical (unpaired) electrons. The molecule has 0 aromatic carbocycles. The van der Waals surface area contributed by atoms with Crippen LogP contribution in [0.25, 0.3) is 0 Å². The Hall–Kier alpha value is -0.730. The number of hydrogen-bond donors (Lipinski definition) is 0. The molecule has 3 heteroatoms. The summed E-state index contributed by atoms with van der Waals surface area (Å²) in [6, 6.07) is 0. The Morgan fingerprint density at radius 3 is 2.44 bits per heavy atom. The largest absolute Gasteiger partial charge is 0.509 e. The highest BCUT2D eigenvalue weighted by Gasteiger charge is 2.25. The van der Waals surface area contributed by atoms with E-state index in [0.29, 0.717) is 0 Å². The second-order valence-electron chi connectivity index (χ2n) is 5.24. The first-order valence-corrected chi connectivity index (χ1v) is 6.43. The summed E-state index contributed by atoms with van der Waals surface area (Å²) in [6.45, 7) is 5.94. The van der Waals surface area contributed by atoms with Crippen LogP contribution in [0.5, 0.6) is 0 Å². The zero-order valence-corrected chi connectivity index (χ0v) is 10.8. The van der Waals surface area contributed by atoms with Crippen LogP contribution in [0, 0.1) is 0 Å². The molecule has 0 amide bonds. The van der Waals surface area contributed by atoms with Crippen LogP contribution >= 0.6 is 0 Å². The third-order valence-corrected chi connectivity index (χ3v) is 3.03. The van der Waals surface area contributed by atoms with Gasteiger partial charge in [0.25, 0.3) is 0 Å². The molecule has 0 spiro atoms. The molecule has 0 bridgehead atoms. The van der Waals surface area contributed by atoms with Gasteiger partial charge in [0.2, 0.25) is 0 Å². The van der Waals surface area contributed by atoms with Gasteiger partial charge in [0.1, 0.15) is 11.7 Å². The molecule has 16 heavy (non-hydrogen) atoms. The lowest BCUT2D eigenvalue weighted by Crippen LogP contribution is -2.31. The molecule has 0 N–H and O–H groups in total. The molecule has 0 saturated heterocycles. The summed E-state index contributed by atoms with van der Waals surface area (Å²) >= 11 is 0. The van der Waals surface area contributed by atoms with Gasteiger partial charge in [-0.2, -0.15) is 0 Å². The highest BCUT2D eigenvalue weighted by Crippen LogP contribution is 2.23. The summed E-state index contributed by atoms with van der Waals surface area (Å²) in [5, 5.41) is 0. The predicted octanol–water partition coefficient (Wildman–Crippen LogP) is 4.05. The van der Waals surface area contributed by atoms with Gasteiger partial charge < -0.3 is 9.47 Å². The van der Waals surface area contributed by atoms with E-state index in [4.69, 9.17) is 9.47 Å².